The van der Waals surface area contributed by atoms with E-state index in [0.29, 0.717) is 17.9 Å². The lowest BCUT2D eigenvalue weighted by Gasteiger charge is -2.38. The molecular weight excluding hydrogens is 352 g/mol. The Hall–Kier alpha value is -1.89. The smallest absolute Gasteiger partial charge is 0.248 e. The lowest BCUT2D eigenvalue weighted by Crippen LogP contribution is -2.56. The molecule has 0 spiro atoms. The predicted molar refractivity (Wildman–Crippen MR) is 101 cm³/mol. The van der Waals surface area contributed by atoms with Gasteiger partial charge < -0.3 is 15.4 Å². The largest absolute Gasteiger partial charge is 0.375 e. The summed E-state index contributed by atoms with van der Waals surface area (Å²) < 4.78 is 7.45. The molecule has 1 fully saturated rings. The fraction of sp³-hybridized carbons (Fsp3) is 0.474. The van der Waals surface area contributed by atoms with E-state index in [1.54, 1.807) is 18.0 Å². The molecule has 1 aromatic carbocycles. The van der Waals surface area contributed by atoms with E-state index in [9.17, 15) is 4.79 Å². The van der Waals surface area contributed by atoms with E-state index >= 15 is 0 Å². The van der Waals surface area contributed by atoms with Gasteiger partial charge in [0.25, 0.3) is 0 Å². The van der Waals surface area contributed by atoms with E-state index in [1.807, 2.05) is 43.5 Å². The highest BCUT2D eigenvalue weighted by atomic mass is 35.5. The van der Waals surface area contributed by atoms with Crippen molar-refractivity contribution in [2.75, 3.05) is 20.2 Å². The van der Waals surface area contributed by atoms with Crippen LogP contribution < -0.4 is 10.6 Å². The van der Waals surface area contributed by atoms with E-state index in [0.717, 1.165) is 18.7 Å². The van der Waals surface area contributed by atoms with E-state index in [4.69, 9.17) is 16.3 Å². The molecule has 1 aliphatic heterocycles. The third-order valence-corrected chi connectivity index (χ3v) is 5.31. The summed E-state index contributed by atoms with van der Waals surface area (Å²) in [5.74, 6) is -0.0220. The van der Waals surface area contributed by atoms with Crippen LogP contribution in [0.2, 0.25) is 5.02 Å². The Morgan fingerprint density at radius 2 is 2.04 bits per heavy atom. The number of aromatic nitrogens is 2. The maximum atomic E-state index is 13.3. The summed E-state index contributed by atoms with van der Waals surface area (Å²) in [4.78, 5) is 13.3. The summed E-state index contributed by atoms with van der Waals surface area (Å²) in [5, 5.41) is 11.5. The summed E-state index contributed by atoms with van der Waals surface area (Å²) in [6, 6.07) is 9.16. The number of methoxy groups -OCH3 is 1. The molecule has 2 unspecified atom stereocenters. The average Bonchev–Trinajstić information content (AvgIpc) is 3.19. The van der Waals surface area contributed by atoms with Crippen LogP contribution in [0, 0.1) is 0 Å². The number of amides is 1. The number of halogens is 1. The van der Waals surface area contributed by atoms with Gasteiger partial charge in [-0.25, -0.2) is 0 Å². The van der Waals surface area contributed by atoms with Gasteiger partial charge in [0, 0.05) is 24.5 Å². The van der Waals surface area contributed by atoms with Crippen molar-refractivity contribution in [2.24, 2.45) is 0 Å². The number of nitrogens with one attached hydrogen (secondary N) is 2. The molecule has 2 atom stereocenters. The van der Waals surface area contributed by atoms with Crippen LogP contribution >= 0.6 is 11.6 Å². The minimum absolute atomic E-state index is 0.0220. The highest BCUT2D eigenvalue weighted by Gasteiger charge is 2.42. The van der Waals surface area contributed by atoms with Gasteiger partial charge in [0.2, 0.25) is 5.91 Å². The number of nitrogens with zero attached hydrogens (tertiary/aromatic N) is 2. The first-order chi connectivity index (χ1) is 12.6. The zero-order chi connectivity index (χ0) is 18.6. The van der Waals surface area contributed by atoms with E-state index < -0.39 is 5.54 Å². The van der Waals surface area contributed by atoms with Crippen molar-refractivity contribution in [3.05, 3.63) is 53.3 Å². The molecule has 2 N–H and O–H groups in total. The highest BCUT2D eigenvalue weighted by Crippen LogP contribution is 2.29. The van der Waals surface area contributed by atoms with Crippen LogP contribution in [-0.2, 0) is 15.1 Å². The van der Waals surface area contributed by atoms with Crippen molar-refractivity contribution in [3.8, 4) is 0 Å². The van der Waals surface area contributed by atoms with E-state index in [-0.39, 0.29) is 18.1 Å². The zero-order valence-corrected chi connectivity index (χ0v) is 15.9. The van der Waals surface area contributed by atoms with Gasteiger partial charge in [-0.15, -0.1) is 0 Å². The van der Waals surface area contributed by atoms with Gasteiger partial charge >= 0.3 is 0 Å². The molecule has 2 aromatic rings. The van der Waals surface area contributed by atoms with Crippen LogP contribution in [0.15, 0.2) is 42.7 Å². The molecule has 2 heterocycles. The first-order valence-corrected chi connectivity index (χ1v) is 9.25. The number of hydrogen-bond donors (Lipinski definition) is 2. The number of hydrogen-bond acceptors (Lipinski definition) is 4. The van der Waals surface area contributed by atoms with Crippen molar-refractivity contribution in [2.45, 2.75) is 37.5 Å². The monoisotopic (exact) mass is 376 g/mol. The minimum Gasteiger partial charge on any atom is -0.375 e. The van der Waals surface area contributed by atoms with Crippen molar-refractivity contribution in [1.82, 2.24) is 20.4 Å². The maximum absolute atomic E-state index is 13.3. The lowest BCUT2D eigenvalue weighted by molar-refractivity contribution is -0.133. The zero-order valence-electron chi connectivity index (χ0n) is 15.1. The van der Waals surface area contributed by atoms with E-state index in [1.165, 1.54) is 0 Å². The number of carbonyl (C=O) groups excluding carboxylic acids is 1. The molecule has 1 aliphatic rings. The standard InChI is InChI=1S/C19H25ClN4O2/c1-14(17(26-2)15-4-6-16(20)7-5-15)23-18(25)19(8-11-21-12-9-19)24-13-3-10-22-24/h3-7,10,13-14,17,21H,8-9,11-12H2,1-2H3,(H,23,25). The van der Waals surface area contributed by atoms with Gasteiger partial charge in [-0.3, -0.25) is 9.48 Å². The molecule has 0 aliphatic carbocycles. The highest BCUT2D eigenvalue weighted by molar-refractivity contribution is 6.30. The van der Waals surface area contributed by atoms with Gasteiger partial charge in [-0.2, -0.15) is 5.10 Å². The van der Waals surface area contributed by atoms with Gasteiger partial charge in [0.05, 0.1) is 6.04 Å². The summed E-state index contributed by atoms with van der Waals surface area (Å²) in [5.41, 5.74) is 0.310. The van der Waals surface area contributed by atoms with Crippen LogP contribution in [0.4, 0.5) is 0 Å². The van der Waals surface area contributed by atoms with Crippen molar-refractivity contribution in [1.29, 1.82) is 0 Å². The van der Waals surface area contributed by atoms with Crippen LogP contribution in [0.3, 0.4) is 0 Å². The fourth-order valence-corrected chi connectivity index (χ4v) is 3.75. The first kappa shape index (κ1) is 18.9. The Labute approximate surface area is 158 Å². The molecule has 1 aromatic heterocycles. The van der Waals surface area contributed by atoms with Crippen molar-refractivity contribution in [3.63, 3.8) is 0 Å². The van der Waals surface area contributed by atoms with Gasteiger partial charge in [0.15, 0.2) is 0 Å². The molecule has 0 bridgehead atoms. The molecule has 140 valence electrons. The molecule has 0 saturated carbocycles. The fourth-order valence-electron chi connectivity index (χ4n) is 3.62. The van der Waals surface area contributed by atoms with Crippen molar-refractivity contribution >= 4 is 17.5 Å². The molecular formula is C19H25ClN4O2. The third-order valence-electron chi connectivity index (χ3n) is 5.06. The second kappa shape index (κ2) is 8.20. The Kier molecular flexibility index (Phi) is 5.96. The summed E-state index contributed by atoms with van der Waals surface area (Å²) in [7, 11) is 1.65. The van der Waals surface area contributed by atoms with Gasteiger partial charge in [-0.1, -0.05) is 23.7 Å². The number of piperidine rings is 1. The second-order valence-corrected chi connectivity index (χ2v) is 7.14. The topological polar surface area (TPSA) is 68.2 Å². The summed E-state index contributed by atoms with van der Waals surface area (Å²) >= 11 is 5.97. The molecule has 3 rings (SSSR count). The quantitative estimate of drug-likeness (QED) is 0.812. The molecule has 26 heavy (non-hydrogen) atoms. The average molecular weight is 377 g/mol. The summed E-state index contributed by atoms with van der Waals surface area (Å²) in [6.07, 6.45) is 4.72. The predicted octanol–water partition coefficient (Wildman–Crippen LogP) is 2.51. The van der Waals surface area contributed by atoms with Crippen LogP contribution in [0.5, 0.6) is 0 Å². The third kappa shape index (κ3) is 3.77. The lowest BCUT2D eigenvalue weighted by atomic mass is 9.87. The van der Waals surface area contributed by atoms with Crippen LogP contribution in [0.1, 0.15) is 31.4 Å². The SMILES string of the molecule is COC(c1ccc(Cl)cc1)C(C)NC(=O)C1(n2cccn2)CCNCC1. The second-order valence-electron chi connectivity index (χ2n) is 6.70. The summed E-state index contributed by atoms with van der Waals surface area (Å²) in [6.45, 7) is 3.53. The van der Waals surface area contributed by atoms with Gasteiger partial charge in [0.1, 0.15) is 11.6 Å². The van der Waals surface area contributed by atoms with Crippen LogP contribution in [0.25, 0.3) is 0 Å². The van der Waals surface area contributed by atoms with Crippen molar-refractivity contribution < 1.29 is 9.53 Å². The first-order valence-electron chi connectivity index (χ1n) is 8.87. The molecule has 1 saturated heterocycles. The Balaban J connectivity index is 1.79. The Morgan fingerprint density at radius 1 is 1.35 bits per heavy atom. The Bertz CT molecular complexity index is 712. The molecule has 6 nitrogen and oxygen atoms in total. The number of benzene rings is 1. The molecule has 7 heteroatoms. The molecule has 1 amide bonds. The maximum Gasteiger partial charge on any atom is 0.248 e. The Morgan fingerprint density at radius 3 is 2.62 bits per heavy atom. The molecule has 0 radical (unpaired) electrons. The number of ether oxygens (including phenoxy) is 1. The number of rotatable bonds is 6. The van der Waals surface area contributed by atoms with Gasteiger partial charge in [-0.05, 0) is 56.6 Å². The minimum atomic E-state index is -0.665. The number of carbonyl (C=O) groups is 1. The normalized spacial score (nSPS) is 18.9. The van der Waals surface area contributed by atoms with E-state index in [2.05, 4.69) is 15.7 Å². The van der Waals surface area contributed by atoms with Crippen LogP contribution in [-0.4, -0.2) is 41.9 Å².